The van der Waals surface area contributed by atoms with E-state index in [4.69, 9.17) is 5.26 Å². The Kier molecular flexibility index (Phi) is 2.45. The van der Waals surface area contributed by atoms with Crippen molar-refractivity contribution in [3.63, 3.8) is 0 Å². The minimum atomic E-state index is -4.40. The third-order valence-electron chi connectivity index (χ3n) is 1.94. The monoisotopic (exact) mass is 192 g/mol. The minimum Gasteiger partial charge on any atom is -0.344 e. The number of halogens is 3. The fourth-order valence-electron chi connectivity index (χ4n) is 1.24. The normalized spacial score (nSPS) is 28.3. The maximum Gasteiger partial charge on any atom is 0.408 e. The fourth-order valence-corrected chi connectivity index (χ4v) is 1.24. The SMILES string of the molecule is N#CCC1CC(C(F)(F)F)NC1=O. The first kappa shape index (κ1) is 9.84. The Bertz CT molecular complexity index is 255. The van der Waals surface area contributed by atoms with Crippen molar-refractivity contribution in [2.24, 2.45) is 5.92 Å². The highest BCUT2D eigenvalue weighted by molar-refractivity contribution is 5.81. The molecule has 1 amide bonds. The van der Waals surface area contributed by atoms with Gasteiger partial charge in [0.25, 0.3) is 0 Å². The Labute approximate surface area is 72.5 Å². The summed E-state index contributed by atoms with van der Waals surface area (Å²) in [6.45, 7) is 0. The number of carbonyl (C=O) groups is 1. The van der Waals surface area contributed by atoms with E-state index in [1.165, 1.54) is 0 Å². The highest BCUT2D eigenvalue weighted by Gasteiger charge is 2.47. The van der Waals surface area contributed by atoms with Gasteiger partial charge in [-0.25, -0.2) is 0 Å². The summed E-state index contributed by atoms with van der Waals surface area (Å²) in [6, 6.07) is -0.0954. The molecule has 2 unspecified atom stereocenters. The number of nitrogens with zero attached hydrogens (tertiary/aromatic N) is 1. The number of carbonyl (C=O) groups excluding carboxylic acids is 1. The van der Waals surface area contributed by atoms with Gasteiger partial charge in [0.15, 0.2) is 0 Å². The molecule has 0 saturated carbocycles. The Morgan fingerprint density at radius 3 is 2.62 bits per heavy atom. The second kappa shape index (κ2) is 3.24. The molecule has 1 N–H and O–H groups in total. The lowest BCUT2D eigenvalue weighted by molar-refractivity contribution is -0.154. The molecule has 1 aliphatic rings. The summed E-state index contributed by atoms with van der Waals surface area (Å²) in [5.41, 5.74) is 0. The first-order valence-corrected chi connectivity index (χ1v) is 3.69. The van der Waals surface area contributed by atoms with E-state index in [-0.39, 0.29) is 12.8 Å². The number of nitriles is 1. The van der Waals surface area contributed by atoms with Crippen molar-refractivity contribution in [2.45, 2.75) is 25.1 Å². The van der Waals surface area contributed by atoms with Crippen molar-refractivity contribution in [1.29, 1.82) is 5.26 Å². The molecular weight excluding hydrogens is 185 g/mol. The Balaban J connectivity index is 2.61. The van der Waals surface area contributed by atoms with Gasteiger partial charge in [-0.2, -0.15) is 18.4 Å². The van der Waals surface area contributed by atoms with Gasteiger partial charge in [-0.15, -0.1) is 0 Å². The van der Waals surface area contributed by atoms with Crippen LogP contribution in [-0.2, 0) is 4.79 Å². The number of amides is 1. The topological polar surface area (TPSA) is 52.9 Å². The van der Waals surface area contributed by atoms with Crippen LogP contribution in [0.1, 0.15) is 12.8 Å². The predicted octanol–water partition coefficient (Wildman–Crippen LogP) is 0.967. The van der Waals surface area contributed by atoms with Crippen LogP contribution in [-0.4, -0.2) is 18.1 Å². The van der Waals surface area contributed by atoms with Crippen LogP contribution in [0.25, 0.3) is 0 Å². The van der Waals surface area contributed by atoms with E-state index in [1.807, 2.05) is 5.32 Å². The molecule has 1 aliphatic heterocycles. The lowest BCUT2D eigenvalue weighted by atomic mass is 10.0. The van der Waals surface area contributed by atoms with Gasteiger partial charge in [-0.3, -0.25) is 4.79 Å². The van der Waals surface area contributed by atoms with Gasteiger partial charge in [-0.05, 0) is 6.42 Å². The quantitative estimate of drug-likeness (QED) is 0.672. The maximum atomic E-state index is 12.1. The van der Waals surface area contributed by atoms with Crippen molar-refractivity contribution < 1.29 is 18.0 Å². The van der Waals surface area contributed by atoms with Crippen LogP contribution < -0.4 is 5.32 Å². The molecule has 1 rings (SSSR count). The summed E-state index contributed by atoms with van der Waals surface area (Å²) in [5, 5.41) is 10.0. The highest BCUT2D eigenvalue weighted by Crippen LogP contribution is 2.30. The molecule has 0 aliphatic carbocycles. The lowest BCUT2D eigenvalue weighted by Crippen LogP contribution is -2.38. The van der Waals surface area contributed by atoms with Crippen molar-refractivity contribution in [2.75, 3.05) is 0 Å². The van der Waals surface area contributed by atoms with Crippen molar-refractivity contribution in [3.8, 4) is 6.07 Å². The Morgan fingerprint density at radius 2 is 2.23 bits per heavy atom. The number of hydrogen-bond acceptors (Lipinski definition) is 2. The summed E-state index contributed by atoms with van der Waals surface area (Å²) in [6.07, 6.45) is -4.88. The van der Waals surface area contributed by atoms with Crippen LogP contribution in [0.4, 0.5) is 13.2 Å². The predicted molar refractivity (Wildman–Crippen MR) is 36.3 cm³/mol. The Morgan fingerprint density at radius 1 is 1.62 bits per heavy atom. The molecule has 0 bridgehead atoms. The van der Waals surface area contributed by atoms with E-state index in [9.17, 15) is 18.0 Å². The Hall–Kier alpha value is -1.25. The highest BCUT2D eigenvalue weighted by atomic mass is 19.4. The molecule has 13 heavy (non-hydrogen) atoms. The first-order chi connectivity index (χ1) is 5.95. The second-order valence-corrected chi connectivity index (χ2v) is 2.90. The smallest absolute Gasteiger partial charge is 0.344 e. The molecule has 2 atom stereocenters. The van der Waals surface area contributed by atoms with Gasteiger partial charge >= 0.3 is 6.18 Å². The average Bonchev–Trinajstić information content (AvgIpc) is 2.32. The summed E-state index contributed by atoms with van der Waals surface area (Å²) in [4.78, 5) is 10.9. The summed E-state index contributed by atoms with van der Waals surface area (Å²) in [7, 11) is 0. The lowest BCUT2D eigenvalue weighted by Gasteiger charge is -2.13. The zero-order chi connectivity index (χ0) is 10.1. The molecule has 1 saturated heterocycles. The average molecular weight is 192 g/mol. The van der Waals surface area contributed by atoms with Crippen LogP contribution >= 0.6 is 0 Å². The van der Waals surface area contributed by atoms with Crippen LogP contribution in [0, 0.1) is 17.2 Å². The van der Waals surface area contributed by atoms with Gasteiger partial charge in [0.05, 0.1) is 12.0 Å². The molecule has 0 spiro atoms. The van der Waals surface area contributed by atoms with E-state index in [2.05, 4.69) is 0 Å². The fraction of sp³-hybridized carbons (Fsp3) is 0.714. The standard InChI is InChI=1S/C7H7F3N2O/c8-7(9,10)5-3-4(1-2-11)6(13)12-5/h4-5H,1,3H2,(H,12,13). The van der Waals surface area contributed by atoms with Gasteiger partial charge in [0, 0.05) is 6.42 Å². The number of alkyl halides is 3. The van der Waals surface area contributed by atoms with Crippen molar-refractivity contribution in [1.82, 2.24) is 5.32 Å². The van der Waals surface area contributed by atoms with Gasteiger partial charge in [0.1, 0.15) is 6.04 Å². The first-order valence-electron chi connectivity index (χ1n) is 3.69. The third kappa shape index (κ3) is 2.11. The minimum absolute atomic E-state index is 0.154. The van der Waals surface area contributed by atoms with Gasteiger partial charge in [0.2, 0.25) is 5.91 Å². The second-order valence-electron chi connectivity index (χ2n) is 2.90. The van der Waals surface area contributed by atoms with Crippen molar-refractivity contribution in [3.05, 3.63) is 0 Å². The maximum absolute atomic E-state index is 12.1. The summed E-state index contributed by atoms with van der Waals surface area (Å²) in [5.74, 6) is -1.49. The number of hydrogen-bond donors (Lipinski definition) is 1. The van der Waals surface area contributed by atoms with E-state index < -0.39 is 24.0 Å². The van der Waals surface area contributed by atoms with Gasteiger partial charge < -0.3 is 5.32 Å². The molecule has 0 aromatic rings. The molecule has 0 aromatic heterocycles. The van der Waals surface area contributed by atoms with E-state index in [0.717, 1.165) is 0 Å². The molecule has 1 heterocycles. The van der Waals surface area contributed by atoms with Gasteiger partial charge in [-0.1, -0.05) is 0 Å². The molecule has 0 aromatic carbocycles. The zero-order valence-electron chi connectivity index (χ0n) is 6.56. The third-order valence-corrected chi connectivity index (χ3v) is 1.94. The van der Waals surface area contributed by atoms with Crippen LogP contribution in [0.5, 0.6) is 0 Å². The van der Waals surface area contributed by atoms with Crippen LogP contribution in [0.2, 0.25) is 0 Å². The molecule has 6 heteroatoms. The molecule has 3 nitrogen and oxygen atoms in total. The van der Waals surface area contributed by atoms with E-state index in [1.54, 1.807) is 6.07 Å². The van der Waals surface area contributed by atoms with Crippen molar-refractivity contribution >= 4 is 5.91 Å². The number of rotatable bonds is 1. The van der Waals surface area contributed by atoms with E-state index in [0.29, 0.717) is 0 Å². The summed E-state index contributed by atoms with van der Waals surface area (Å²) >= 11 is 0. The largest absolute Gasteiger partial charge is 0.408 e. The number of nitrogens with one attached hydrogen (secondary N) is 1. The molecule has 1 fully saturated rings. The van der Waals surface area contributed by atoms with E-state index >= 15 is 0 Å². The van der Waals surface area contributed by atoms with Crippen LogP contribution in [0.3, 0.4) is 0 Å². The zero-order valence-corrected chi connectivity index (χ0v) is 6.56. The van der Waals surface area contributed by atoms with Crippen LogP contribution in [0.15, 0.2) is 0 Å². The molecular formula is C7H7F3N2O. The summed E-state index contributed by atoms with van der Waals surface area (Å²) < 4.78 is 36.2. The molecule has 0 radical (unpaired) electrons. The molecule has 72 valence electrons.